The lowest BCUT2D eigenvalue weighted by atomic mass is 10.1. The fraction of sp³-hybridized carbons (Fsp3) is 0.130. The number of nitrogens with zero attached hydrogens (tertiary/aromatic N) is 1. The van der Waals surface area contributed by atoms with Gasteiger partial charge in [0.05, 0.1) is 10.6 Å². The summed E-state index contributed by atoms with van der Waals surface area (Å²) in [5, 5.41) is 8.61. The monoisotopic (exact) mass is 438 g/mol. The zero-order chi connectivity index (χ0) is 22.4. The largest absolute Gasteiger partial charge is 0.480 e. The average Bonchev–Trinajstić information content (AvgIpc) is 3.21. The highest BCUT2D eigenvalue weighted by Gasteiger charge is 2.15. The summed E-state index contributed by atoms with van der Waals surface area (Å²) in [6.45, 7) is 1.76. The third-order valence-corrected chi connectivity index (χ3v) is 6.01. The molecule has 0 bridgehead atoms. The highest BCUT2D eigenvalue weighted by atomic mass is 32.2. The van der Waals surface area contributed by atoms with E-state index in [2.05, 4.69) is 0 Å². The highest BCUT2D eigenvalue weighted by molar-refractivity contribution is 7.89. The van der Waals surface area contributed by atoms with Crippen molar-refractivity contribution in [3.05, 3.63) is 95.3 Å². The van der Waals surface area contributed by atoms with Gasteiger partial charge >= 0.3 is 5.97 Å². The van der Waals surface area contributed by atoms with Crippen LogP contribution in [0.15, 0.2) is 77.8 Å². The minimum Gasteiger partial charge on any atom is -0.480 e. The number of carbonyl (C=O) groups is 2. The van der Waals surface area contributed by atoms with E-state index < -0.39 is 22.5 Å². The third kappa shape index (κ3) is 5.78. The van der Waals surface area contributed by atoms with Gasteiger partial charge in [-0.15, -0.1) is 0 Å². The van der Waals surface area contributed by atoms with Crippen LogP contribution < -0.4 is 4.72 Å². The summed E-state index contributed by atoms with van der Waals surface area (Å²) >= 11 is 0. The number of aryl methyl sites for hydroxylation is 1. The Labute approximate surface area is 180 Å². The van der Waals surface area contributed by atoms with Gasteiger partial charge in [0, 0.05) is 18.3 Å². The van der Waals surface area contributed by atoms with Crippen molar-refractivity contribution in [2.75, 3.05) is 6.54 Å². The Morgan fingerprint density at radius 2 is 1.71 bits per heavy atom. The van der Waals surface area contributed by atoms with Gasteiger partial charge in [-0.25, -0.2) is 8.42 Å². The molecule has 1 heterocycles. The minimum absolute atomic E-state index is 0.0118. The summed E-state index contributed by atoms with van der Waals surface area (Å²) in [7, 11) is -3.87. The van der Waals surface area contributed by atoms with Gasteiger partial charge in [-0.05, 0) is 36.8 Å². The first-order valence-electron chi connectivity index (χ1n) is 9.51. The van der Waals surface area contributed by atoms with Gasteiger partial charge in [-0.1, -0.05) is 54.1 Å². The van der Waals surface area contributed by atoms with E-state index in [0.29, 0.717) is 17.8 Å². The van der Waals surface area contributed by atoms with E-state index in [1.807, 2.05) is 64.9 Å². The van der Waals surface area contributed by atoms with Crippen LogP contribution in [0.5, 0.6) is 0 Å². The lowest BCUT2D eigenvalue weighted by Gasteiger charge is -2.07. The standard InChI is InChI=1S/C23H22N2O5S/c1-17-6-10-19(11-7-17)23(28)21-5-3-15-25(21)14-2-4-18-8-12-20(13-9-18)31(29,30)24-16-22(26)27/h2-13,15,24H,14,16H2,1H3,(H,26,27)/b4-2+. The van der Waals surface area contributed by atoms with Crippen LogP contribution in [0.25, 0.3) is 6.08 Å². The predicted molar refractivity (Wildman–Crippen MR) is 117 cm³/mol. The third-order valence-electron chi connectivity index (χ3n) is 4.59. The Bertz CT molecular complexity index is 1210. The topological polar surface area (TPSA) is 105 Å². The van der Waals surface area contributed by atoms with Gasteiger partial charge in [0.2, 0.25) is 15.8 Å². The lowest BCUT2D eigenvalue weighted by molar-refractivity contribution is -0.135. The van der Waals surface area contributed by atoms with Crippen molar-refractivity contribution in [2.45, 2.75) is 18.4 Å². The van der Waals surface area contributed by atoms with E-state index in [1.54, 1.807) is 18.2 Å². The van der Waals surface area contributed by atoms with E-state index >= 15 is 0 Å². The molecule has 8 heteroatoms. The van der Waals surface area contributed by atoms with Gasteiger partial charge in [0.1, 0.15) is 6.54 Å². The Morgan fingerprint density at radius 3 is 2.35 bits per heavy atom. The van der Waals surface area contributed by atoms with Crippen molar-refractivity contribution in [1.82, 2.24) is 9.29 Å². The smallest absolute Gasteiger partial charge is 0.318 e. The highest BCUT2D eigenvalue weighted by Crippen LogP contribution is 2.14. The quantitative estimate of drug-likeness (QED) is 0.500. The molecule has 0 spiro atoms. The van der Waals surface area contributed by atoms with Gasteiger partial charge in [-0.3, -0.25) is 9.59 Å². The van der Waals surface area contributed by atoms with Crippen LogP contribution in [0, 0.1) is 6.92 Å². The number of carboxylic acid groups (broad SMARTS) is 1. The number of hydrogen-bond acceptors (Lipinski definition) is 4. The molecule has 0 fully saturated rings. The van der Waals surface area contributed by atoms with Crippen molar-refractivity contribution >= 4 is 27.9 Å². The summed E-state index contributed by atoms with van der Waals surface area (Å²) in [4.78, 5) is 23.3. The summed E-state index contributed by atoms with van der Waals surface area (Å²) in [5.41, 5.74) is 3.07. The van der Waals surface area contributed by atoms with Crippen LogP contribution in [0.1, 0.15) is 27.2 Å². The van der Waals surface area contributed by atoms with Crippen molar-refractivity contribution in [3.63, 3.8) is 0 Å². The number of allylic oxidation sites excluding steroid dienone is 1. The number of nitrogens with one attached hydrogen (secondary N) is 1. The fourth-order valence-corrected chi connectivity index (χ4v) is 3.91. The van der Waals surface area contributed by atoms with Crippen LogP contribution in [-0.2, 0) is 21.4 Å². The van der Waals surface area contributed by atoms with E-state index in [4.69, 9.17) is 5.11 Å². The SMILES string of the molecule is Cc1ccc(C(=O)c2cccn2C/C=C/c2ccc(S(=O)(=O)NCC(=O)O)cc2)cc1. The molecule has 2 aromatic carbocycles. The van der Waals surface area contributed by atoms with Crippen LogP contribution in [0.4, 0.5) is 0 Å². The second kappa shape index (κ2) is 9.55. The number of hydrogen-bond donors (Lipinski definition) is 2. The molecule has 31 heavy (non-hydrogen) atoms. The number of carbonyl (C=O) groups excluding carboxylic acids is 1. The molecule has 7 nitrogen and oxygen atoms in total. The number of aliphatic carboxylic acids is 1. The summed E-state index contributed by atoms with van der Waals surface area (Å²) in [5.74, 6) is -1.31. The van der Waals surface area contributed by atoms with E-state index in [9.17, 15) is 18.0 Å². The zero-order valence-corrected chi connectivity index (χ0v) is 17.7. The molecule has 0 amide bonds. The molecule has 0 unspecified atom stereocenters. The second-order valence-corrected chi connectivity index (χ2v) is 8.70. The molecule has 0 saturated heterocycles. The van der Waals surface area contributed by atoms with Crippen molar-refractivity contribution in [2.24, 2.45) is 0 Å². The van der Waals surface area contributed by atoms with E-state index in [0.717, 1.165) is 11.1 Å². The van der Waals surface area contributed by atoms with Gasteiger partial charge in [-0.2, -0.15) is 4.72 Å². The van der Waals surface area contributed by atoms with E-state index in [-0.39, 0.29) is 10.7 Å². The molecule has 0 saturated carbocycles. The van der Waals surface area contributed by atoms with Crippen molar-refractivity contribution in [3.8, 4) is 0 Å². The van der Waals surface area contributed by atoms with Crippen LogP contribution in [0.2, 0.25) is 0 Å². The molecular weight excluding hydrogens is 416 g/mol. The molecule has 0 aliphatic rings. The molecule has 2 N–H and O–H groups in total. The molecule has 0 atom stereocenters. The Balaban J connectivity index is 1.67. The predicted octanol–water partition coefficient (Wildman–Crippen LogP) is 3.10. The number of carboxylic acids is 1. The Kier molecular flexibility index (Phi) is 6.84. The second-order valence-electron chi connectivity index (χ2n) is 6.93. The number of benzene rings is 2. The van der Waals surface area contributed by atoms with Crippen molar-refractivity contribution in [1.29, 1.82) is 0 Å². The maximum Gasteiger partial charge on any atom is 0.318 e. The van der Waals surface area contributed by atoms with Crippen LogP contribution in [0.3, 0.4) is 0 Å². The first-order valence-corrected chi connectivity index (χ1v) is 11.0. The molecule has 0 radical (unpaired) electrons. The van der Waals surface area contributed by atoms with Crippen LogP contribution >= 0.6 is 0 Å². The van der Waals surface area contributed by atoms with E-state index in [1.165, 1.54) is 12.1 Å². The molecule has 0 aliphatic heterocycles. The van der Waals surface area contributed by atoms with Gasteiger partial charge in [0.25, 0.3) is 0 Å². The van der Waals surface area contributed by atoms with Gasteiger partial charge in [0.15, 0.2) is 0 Å². The van der Waals surface area contributed by atoms with Crippen LogP contribution in [-0.4, -0.2) is 36.4 Å². The molecule has 1 aromatic heterocycles. The normalized spacial score (nSPS) is 11.6. The molecule has 0 aliphatic carbocycles. The Morgan fingerprint density at radius 1 is 1.03 bits per heavy atom. The summed E-state index contributed by atoms with van der Waals surface area (Å²) < 4.78 is 27.9. The van der Waals surface area contributed by atoms with Gasteiger partial charge < -0.3 is 9.67 Å². The number of ketones is 1. The molecule has 160 valence electrons. The molecule has 3 rings (SSSR count). The molecular formula is C23H22N2O5S. The summed E-state index contributed by atoms with van der Waals surface area (Å²) in [6.07, 6.45) is 5.52. The average molecular weight is 439 g/mol. The first kappa shape index (κ1) is 22.2. The van der Waals surface area contributed by atoms with Crippen molar-refractivity contribution < 1.29 is 23.1 Å². The number of rotatable bonds is 9. The number of sulfonamides is 1. The molecule has 3 aromatic rings. The fourth-order valence-electron chi connectivity index (χ4n) is 2.93. The lowest BCUT2D eigenvalue weighted by Crippen LogP contribution is -2.29. The minimum atomic E-state index is -3.87. The maximum atomic E-state index is 12.8. The Hall–Kier alpha value is -3.49. The maximum absolute atomic E-state index is 12.8. The summed E-state index contributed by atoms with van der Waals surface area (Å²) in [6, 6.07) is 17.1. The number of aromatic nitrogens is 1. The zero-order valence-electron chi connectivity index (χ0n) is 16.9. The first-order chi connectivity index (χ1) is 14.8.